The molecule has 84 valence electrons. The first-order valence-corrected chi connectivity index (χ1v) is 5.44. The molecule has 1 unspecified atom stereocenters. The molecule has 0 bridgehead atoms. The van der Waals surface area contributed by atoms with E-state index in [2.05, 4.69) is 11.4 Å². The summed E-state index contributed by atoms with van der Waals surface area (Å²) in [7, 11) is 0. The SMILES string of the molecule is O=C(O)C1=CNC2C=C3C=CC=CC=C3C=C12. The summed E-state index contributed by atoms with van der Waals surface area (Å²) in [6.45, 7) is 0. The Kier molecular flexibility index (Phi) is 2.11. The monoisotopic (exact) mass is 225 g/mol. The summed E-state index contributed by atoms with van der Waals surface area (Å²) in [5, 5.41) is 12.2. The average molecular weight is 225 g/mol. The van der Waals surface area contributed by atoms with Crippen molar-refractivity contribution in [3.63, 3.8) is 0 Å². The van der Waals surface area contributed by atoms with Gasteiger partial charge in [0, 0.05) is 6.20 Å². The second-order valence-electron chi connectivity index (χ2n) is 4.10. The quantitative estimate of drug-likeness (QED) is 0.716. The minimum absolute atomic E-state index is 0.0176. The molecule has 2 N–H and O–H groups in total. The lowest BCUT2D eigenvalue weighted by Crippen LogP contribution is -2.22. The maximum Gasteiger partial charge on any atom is 0.337 e. The summed E-state index contributed by atoms with van der Waals surface area (Å²) in [5.41, 5.74) is 3.35. The number of carbonyl (C=O) groups is 1. The molecule has 0 saturated carbocycles. The van der Waals surface area contributed by atoms with E-state index in [-0.39, 0.29) is 6.04 Å². The van der Waals surface area contributed by atoms with Crippen LogP contribution in [0.2, 0.25) is 0 Å². The Balaban J connectivity index is 2.06. The van der Waals surface area contributed by atoms with Gasteiger partial charge in [0.05, 0.1) is 11.6 Å². The van der Waals surface area contributed by atoms with Crippen LogP contribution < -0.4 is 5.32 Å². The second-order valence-corrected chi connectivity index (χ2v) is 4.10. The first kappa shape index (κ1) is 9.90. The third-order valence-electron chi connectivity index (χ3n) is 3.05. The lowest BCUT2D eigenvalue weighted by Gasteiger charge is -2.18. The Labute approximate surface area is 98.8 Å². The van der Waals surface area contributed by atoms with Crippen LogP contribution in [0.25, 0.3) is 0 Å². The first-order valence-electron chi connectivity index (χ1n) is 5.44. The van der Waals surface area contributed by atoms with Crippen LogP contribution in [0, 0.1) is 0 Å². The molecule has 0 aromatic heterocycles. The predicted molar refractivity (Wildman–Crippen MR) is 65.2 cm³/mol. The molecule has 2 aliphatic carbocycles. The Morgan fingerprint density at radius 2 is 2.12 bits per heavy atom. The van der Waals surface area contributed by atoms with Gasteiger partial charge in [0.25, 0.3) is 0 Å². The number of carboxylic acids is 1. The van der Waals surface area contributed by atoms with Crippen molar-refractivity contribution in [2.45, 2.75) is 6.04 Å². The molecule has 0 aromatic carbocycles. The van der Waals surface area contributed by atoms with E-state index in [1.165, 1.54) is 0 Å². The van der Waals surface area contributed by atoms with Gasteiger partial charge < -0.3 is 10.4 Å². The number of fused-ring (bicyclic) bond motifs is 2. The molecule has 17 heavy (non-hydrogen) atoms. The zero-order chi connectivity index (χ0) is 11.8. The van der Waals surface area contributed by atoms with Crippen LogP contribution in [-0.4, -0.2) is 17.1 Å². The van der Waals surface area contributed by atoms with Crippen LogP contribution >= 0.6 is 0 Å². The van der Waals surface area contributed by atoms with Crippen molar-refractivity contribution in [2.75, 3.05) is 0 Å². The number of aliphatic carboxylic acids is 1. The highest BCUT2D eigenvalue weighted by atomic mass is 16.4. The highest BCUT2D eigenvalue weighted by Crippen LogP contribution is 2.32. The van der Waals surface area contributed by atoms with Crippen molar-refractivity contribution in [3.8, 4) is 0 Å². The van der Waals surface area contributed by atoms with Crippen LogP contribution in [0.15, 0.2) is 71.0 Å². The summed E-state index contributed by atoms with van der Waals surface area (Å²) in [4.78, 5) is 11.1. The standard InChI is InChI=1S/C14H11NO2/c16-14(17)12-8-15-13-7-10-5-3-1-2-4-9(10)6-11(12)13/h1-8,13,15H,(H,16,17). The fraction of sp³-hybridized carbons (Fsp3) is 0.0714. The van der Waals surface area contributed by atoms with Crippen molar-refractivity contribution in [2.24, 2.45) is 0 Å². The maximum atomic E-state index is 11.1. The van der Waals surface area contributed by atoms with E-state index in [1.54, 1.807) is 6.20 Å². The minimum Gasteiger partial charge on any atom is -0.478 e. The maximum absolute atomic E-state index is 11.1. The normalized spacial score (nSPS) is 24.6. The molecule has 3 heteroatoms. The summed E-state index contributed by atoms with van der Waals surface area (Å²) >= 11 is 0. The van der Waals surface area contributed by atoms with Gasteiger partial charge in [-0.25, -0.2) is 4.79 Å². The molecule has 0 saturated heterocycles. The van der Waals surface area contributed by atoms with Crippen LogP contribution in [0.1, 0.15) is 0 Å². The molecular formula is C14H11NO2. The fourth-order valence-electron chi connectivity index (χ4n) is 2.21. The van der Waals surface area contributed by atoms with E-state index in [9.17, 15) is 4.79 Å². The zero-order valence-corrected chi connectivity index (χ0v) is 9.05. The van der Waals surface area contributed by atoms with Gasteiger partial charge in [-0.3, -0.25) is 0 Å². The molecule has 1 aliphatic heterocycles. The molecule has 1 heterocycles. The average Bonchev–Trinajstić information content (AvgIpc) is 2.57. The van der Waals surface area contributed by atoms with Crippen LogP contribution in [-0.2, 0) is 4.79 Å². The molecule has 0 fully saturated rings. The summed E-state index contributed by atoms with van der Waals surface area (Å²) in [6.07, 6.45) is 15.5. The van der Waals surface area contributed by atoms with E-state index < -0.39 is 5.97 Å². The van der Waals surface area contributed by atoms with Gasteiger partial charge in [0.2, 0.25) is 0 Å². The molecule has 1 atom stereocenters. The van der Waals surface area contributed by atoms with Crippen molar-refractivity contribution in [1.82, 2.24) is 5.32 Å². The summed E-state index contributed by atoms with van der Waals surface area (Å²) in [6, 6.07) is -0.0176. The van der Waals surface area contributed by atoms with E-state index >= 15 is 0 Å². The molecule has 0 aromatic rings. The van der Waals surface area contributed by atoms with Gasteiger partial charge in [-0.2, -0.15) is 0 Å². The highest BCUT2D eigenvalue weighted by Gasteiger charge is 2.29. The van der Waals surface area contributed by atoms with Crippen LogP contribution in [0.4, 0.5) is 0 Å². The second kappa shape index (κ2) is 3.63. The Morgan fingerprint density at radius 1 is 1.24 bits per heavy atom. The Hall–Kier alpha value is -2.29. The van der Waals surface area contributed by atoms with Gasteiger partial charge in [-0.15, -0.1) is 0 Å². The van der Waals surface area contributed by atoms with Gasteiger partial charge in [0.1, 0.15) is 0 Å². The largest absolute Gasteiger partial charge is 0.478 e. The lowest BCUT2D eigenvalue weighted by molar-refractivity contribution is -0.132. The van der Waals surface area contributed by atoms with E-state index in [1.807, 2.05) is 36.5 Å². The number of hydrogen-bond acceptors (Lipinski definition) is 2. The molecule has 0 amide bonds. The highest BCUT2D eigenvalue weighted by molar-refractivity contribution is 5.94. The lowest BCUT2D eigenvalue weighted by atomic mass is 9.89. The molecule has 0 spiro atoms. The van der Waals surface area contributed by atoms with Gasteiger partial charge in [0.15, 0.2) is 0 Å². The van der Waals surface area contributed by atoms with Crippen molar-refractivity contribution in [1.29, 1.82) is 0 Å². The number of nitrogens with one attached hydrogen (secondary N) is 1. The number of hydrogen-bond donors (Lipinski definition) is 2. The third-order valence-corrected chi connectivity index (χ3v) is 3.05. The Morgan fingerprint density at radius 3 is 2.94 bits per heavy atom. The van der Waals surface area contributed by atoms with Gasteiger partial charge in [-0.1, -0.05) is 36.5 Å². The number of rotatable bonds is 1. The van der Waals surface area contributed by atoms with Crippen LogP contribution in [0.5, 0.6) is 0 Å². The molecular weight excluding hydrogens is 214 g/mol. The number of allylic oxidation sites excluding steroid dienone is 8. The number of carboxylic acid groups (broad SMARTS) is 1. The topological polar surface area (TPSA) is 49.3 Å². The predicted octanol–water partition coefficient (Wildman–Crippen LogP) is 1.85. The van der Waals surface area contributed by atoms with Gasteiger partial charge in [-0.05, 0) is 22.8 Å². The van der Waals surface area contributed by atoms with E-state index in [4.69, 9.17) is 5.11 Å². The zero-order valence-electron chi connectivity index (χ0n) is 9.05. The Bertz CT molecular complexity index is 571. The molecule has 3 nitrogen and oxygen atoms in total. The third kappa shape index (κ3) is 1.56. The fourth-order valence-corrected chi connectivity index (χ4v) is 2.21. The summed E-state index contributed by atoms with van der Waals surface area (Å²) in [5.74, 6) is -0.886. The van der Waals surface area contributed by atoms with Crippen LogP contribution in [0.3, 0.4) is 0 Å². The molecule has 3 rings (SSSR count). The smallest absolute Gasteiger partial charge is 0.337 e. The minimum atomic E-state index is -0.886. The van der Waals surface area contributed by atoms with E-state index in [0.29, 0.717) is 5.57 Å². The van der Waals surface area contributed by atoms with Crippen molar-refractivity contribution < 1.29 is 9.90 Å². The molecule has 3 aliphatic rings. The first-order chi connectivity index (χ1) is 8.25. The van der Waals surface area contributed by atoms with Crippen molar-refractivity contribution in [3.05, 3.63) is 71.0 Å². The van der Waals surface area contributed by atoms with Crippen molar-refractivity contribution >= 4 is 5.97 Å². The van der Waals surface area contributed by atoms with Gasteiger partial charge >= 0.3 is 5.97 Å². The van der Waals surface area contributed by atoms with E-state index in [0.717, 1.165) is 16.7 Å². The summed E-state index contributed by atoms with van der Waals surface area (Å²) < 4.78 is 0. The molecule has 0 radical (unpaired) electrons.